The molecule has 12 heteroatoms. The minimum absolute atomic E-state index is 0.0498. The van der Waals surface area contributed by atoms with E-state index in [1.807, 2.05) is 0 Å². The van der Waals surface area contributed by atoms with E-state index in [1.54, 1.807) is 0 Å². The van der Waals surface area contributed by atoms with E-state index in [0.717, 1.165) is 24.6 Å². The van der Waals surface area contributed by atoms with Gasteiger partial charge in [-0.2, -0.15) is 0 Å². The first-order chi connectivity index (χ1) is 14.9. The lowest BCUT2D eigenvalue weighted by atomic mass is 10.1. The molecular weight excluding hydrogens is 428 g/mol. The molecule has 3 rings (SSSR count). The fourth-order valence-electron chi connectivity index (χ4n) is 3.06. The second-order valence-electron chi connectivity index (χ2n) is 6.68. The number of thioether (sulfide) groups is 1. The molecule has 1 aromatic carbocycles. The molecule has 1 aromatic heterocycles. The van der Waals surface area contributed by atoms with Gasteiger partial charge in [-0.05, 0) is 31.0 Å². The minimum atomic E-state index is -0.662. The molecule has 11 nitrogen and oxygen atoms in total. The Bertz CT molecular complexity index is 992. The Morgan fingerprint density at radius 1 is 1.23 bits per heavy atom. The van der Waals surface area contributed by atoms with Crippen LogP contribution in [0.4, 0.5) is 5.69 Å². The van der Waals surface area contributed by atoms with Crippen LogP contribution in [-0.4, -0.2) is 65.3 Å². The Balaban J connectivity index is 1.68. The van der Waals surface area contributed by atoms with Crippen LogP contribution in [0.5, 0.6) is 0 Å². The molecule has 0 spiro atoms. The van der Waals surface area contributed by atoms with Crippen LogP contribution in [0.15, 0.2) is 28.2 Å². The van der Waals surface area contributed by atoms with Crippen molar-refractivity contribution in [2.24, 2.45) is 0 Å². The van der Waals surface area contributed by atoms with Crippen molar-refractivity contribution in [3.63, 3.8) is 0 Å². The average Bonchev–Trinajstić information content (AvgIpc) is 3.41. The highest BCUT2D eigenvalue weighted by molar-refractivity contribution is 7.99. The molecule has 1 fully saturated rings. The van der Waals surface area contributed by atoms with E-state index in [4.69, 9.17) is 4.74 Å². The fraction of sp³-hybridized carbons (Fsp3) is 0.421. The number of anilines is 1. The normalized spacial score (nSPS) is 15.5. The highest BCUT2D eigenvalue weighted by atomic mass is 32.2. The number of carbonyl (C=O) groups excluding carboxylic acids is 3. The molecule has 2 aromatic rings. The molecule has 2 N–H and O–H groups in total. The predicted molar refractivity (Wildman–Crippen MR) is 110 cm³/mol. The molecule has 31 heavy (non-hydrogen) atoms. The molecule has 1 saturated heterocycles. The van der Waals surface area contributed by atoms with E-state index in [9.17, 15) is 19.2 Å². The van der Waals surface area contributed by atoms with Gasteiger partial charge in [0.2, 0.25) is 5.91 Å². The van der Waals surface area contributed by atoms with Gasteiger partial charge in [-0.1, -0.05) is 11.8 Å². The van der Waals surface area contributed by atoms with E-state index in [-0.39, 0.29) is 34.4 Å². The Morgan fingerprint density at radius 3 is 2.48 bits per heavy atom. The molecule has 1 unspecified atom stereocenters. The van der Waals surface area contributed by atoms with Gasteiger partial charge in [0.15, 0.2) is 5.16 Å². The molecule has 0 radical (unpaired) electrons. The van der Waals surface area contributed by atoms with Gasteiger partial charge in [-0.25, -0.2) is 19.5 Å². The number of benzene rings is 1. The SMILES string of the molecule is COC(=O)c1cc(NC(=O)CSc2n[nH]c(=O)n2CC2CCCO2)cc(C(=O)OC)c1. The molecule has 1 aliphatic rings. The smallest absolute Gasteiger partial charge is 0.344 e. The lowest BCUT2D eigenvalue weighted by molar-refractivity contribution is -0.113. The lowest BCUT2D eigenvalue weighted by Crippen LogP contribution is -2.25. The Hall–Kier alpha value is -3.12. The molecule has 0 saturated carbocycles. The second-order valence-corrected chi connectivity index (χ2v) is 7.62. The summed E-state index contributed by atoms with van der Waals surface area (Å²) in [7, 11) is 2.42. The summed E-state index contributed by atoms with van der Waals surface area (Å²) >= 11 is 1.08. The van der Waals surface area contributed by atoms with Gasteiger partial charge in [0.05, 0.1) is 43.7 Å². The first kappa shape index (κ1) is 22.6. The predicted octanol–water partition coefficient (Wildman–Crippen LogP) is 1.05. The summed E-state index contributed by atoms with van der Waals surface area (Å²) in [5.41, 5.74) is 0.0386. The summed E-state index contributed by atoms with van der Waals surface area (Å²) in [6.45, 7) is 1.03. The summed E-state index contributed by atoms with van der Waals surface area (Å²) in [6, 6.07) is 4.10. The van der Waals surface area contributed by atoms with Crippen LogP contribution in [0, 0.1) is 0 Å². The van der Waals surface area contributed by atoms with Crippen molar-refractivity contribution in [2.75, 3.05) is 31.9 Å². The molecule has 0 aliphatic carbocycles. The maximum Gasteiger partial charge on any atom is 0.344 e. The largest absolute Gasteiger partial charge is 0.465 e. The highest BCUT2D eigenvalue weighted by Gasteiger charge is 2.20. The summed E-state index contributed by atoms with van der Waals surface area (Å²) in [5, 5.41) is 9.34. The molecule has 0 bridgehead atoms. The van der Waals surface area contributed by atoms with Crippen LogP contribution in [0.1, 0.15) is 33.6 Å². The third-order valence-electron chi connectivity index (χ3n) is 4.52. The summed E-state index contributed by atoms with van der Waals surface area (Å²) < 4.78 is 16.4. The zero-order chi connectivity index (χ0) is 22.4. The second kappa shape index (κ2) is 10.3. The van der Waals surface area contributed by atoms with Crippen LogP contribution >= 0.6 is 11.8 Å². The van der Waals surface area contributed by atoms with Gasteiger partial charge in [-0.3, -0.25) is 9.36 Å². The van der Waals surface area contributed by atoms with Gasteiger partial charge in [0, 0.05) is 12.3 Å². The Kier molecular flexibility index (Phi) is 7.47. The van der Waals surface area contributed by atoms with Gasteiger partial charge >= 0.3 is 17.6 Å². The molecular formula is C19H22N4O7S. The molecule has 1 aliphatic heterocycles. The van der Waals surface area contributed by atoms with Crippen molar-refractivity contribution in [1.29, 1.82) is 0 Å². The van der Waals surface area contributed by atoms with Crippen molar-refractivity contribution >= 4 is 35.3 Å². The zero-order valence-corrected chi connectivity index (χ0v) is 17.8. The Morgan fingerprint density at radius 2 is 1.90 bits per heavy atom. The van der Waals surface area contributed by atoms with Gasteiger partial charge in [0.1, 0.15) is 0 Å². The third kappa shape index (κ3) is 5.73. The number of esters is 2. The molecule has 1 amide bonds. The number of carbonyl (C=O) groups is 3. The number of aromatic nitrogens is 3. The van der Waals surface area contributed by atoms with Crippen molar-refractivity contribution in [3.05, 3.63) is 39.8 Å². The highest BCUT2D eigenvalue weighted by Crippen LogP contribution is 2.20. The number of amides is 1. The van der Waals surface area contributed by atoms with Gasteiger partial charge in [-0.15, -0.1) is 5.10 Å². The molecule has 2 heterocycles. The van der Waals surface area contributed by atoms with Crippen LogP contribution < -0.4 is 11.0 Å². The lowest BCUT2D eigenvalue weighted by Gasteiger charge is -2.11. The first-order valence-corrected chi connectivity index (χ1v) is 10.4. The topological polar surface area (TPSA) is 142 Å². The summed E-state index contributed by atoms with van der Waals surface area (Å²) in [4.78, 5) is 48.2. The van der Waals surface area contributed by atoms with Crippen molar-refractivity contribution in [1.82, 2.24) is 14.8 Å². The van der Waals surface area contributed by atoms with E-state index in [0.29, 0.717) is 18.3 Å². The molecule has 1 atom stereocenters. The monoisotopic (exact) mass is 450 g/mol. The number of nitrogens with zero attached hydrogens (tertiary/aromatic N) is 2. The maximum absolute atomic E-state index is 12.4. The van der Waals surface area contributed by atoms with E-state index in [1.165, 1.54) is 37.0 Å². The minimum Gasteiger partial charge on any atom is -0.465 e. The standard InChI is InChI=1S/C19H22N4O7S/c1-28-16(25)11-6-12(17(26)29-2)8-13(7-11)20-15(24)10-31-19-22-21-18(27)23(19)9-14-4-3-5-30-14/h6-8,14H,3-5,9-10H2,1-2H3,(H,20,24)(H,21,27). The third-order valence-corrected chi connectivity index (χ3v) is 5.50. The number of nitrogens with one attached hydrogen (secondary N) is 2. The number of hydrogen-bond acceptors (Lipinski definition) is 9. The van der Waals surface area contributed by atoms with E-state index in [2.05, 4.69) is 25.0 Å². The van der Waals surface area contributed by atoms with Crippen LogP contribution in [-0.2, 0) is 25.5 Å². The fourth-order valence-corrected chi connectivity index (χ4v) is 3.82. The van der Waals surface area contributed by atoms with Crippen molar-refractivity contribution in [2.45, 2.75) is 30.6 Å². The van der Waals surface area contributed by atoms with Crippen LogP contribution in [0.3, 0.4) is 0 Å². The van der Waals surface area contributed by atoms with E-state index >= 15 is 0 Å². The van der Waals surface area contributed by atoms with Gasteiger partial charge in [0.25, 0.3) is 0 Å². The summed E-state index contributed by atoms with van der Waals surface area (Å²) in [6.07, 6.45) is 1.75. The average molecular weight is 450 g/mol. The van der Waals surface area contributed by atoms with Crippen LogP contribution in [0.25, 0.3) is 0 Å². The van der Waals surface area contributed by atoms with Crippen molar-refractivity contribution in [3.8, 4) is 0 Å². The maximum atomic E-state index is 12.4. The summed E-state index contributed by atoms with van der Waals surface area (Å²) in [5.74, 6) is -1.79. The number of hydrogen-bond donors (Lipinski definition) is 2. The Labute approximate surface area is 181 Å². The van der Waals surface area contributed by atoms with Gasteiger partial charge < -0.3 is 19.5 Å². The zero-order valence-electron chi connectivity index (χ0n) is 17.0. The van der Waals surface area contributed by atoms with Crippen LogP contribution in [0.2, 0.25) is 0 Å². The molecule has 166 valence electrons. The number of methoxy groups -OCH3 is 2. The number of H-pyrrole nitrogens is 1. The first-order valence-electron chi connectivity index (χ1n) is 9.42. The number of rotatable bonds is 8. The van der Waals surface area contributed by atoms with Crippen molar-refractivity contribution < 1.29 is 28.6 Å². The number of aromatic amines is 1. The van der Waals surface area contributed by atoms with E-state index < -0.39 is 17.8 Å². The number of ether oxygens (including phenoxy) is 3. The quantitative estimate of drug-likeness (QED) is 0.446.